The minimum atomic E-state index is 0.106. The van der Waals surface area contributed by atoms with Crippen LogP contribution in [0.4, 0.5) is 0 Å². The molecule has 66 valence electrons. The molecule has 1 aliphatic carbocycles. The molecule has 0 spiro atoms. The first-order chi connectivity index (χ1) is 6.84. The van der Waals surface area contributed by atoms with Crippen molar-refractivity contribution in [3.63, 3.8) is 0 Å². The molecule has 0 heterocycles. The van der Waals surface area contributed by atoms with Gasteiger partial charge in [-0.2, -0.15) is 0 Å². The van der Waals surface area contributed by atoms with Gasteiger partial charge >= 0.3 is 0 Å². The number of ketones is 1. The second-order valence-electron chi connectivity index (χ2n) is 3.49. The van der Waals surface area contributed by atoms with Crippen LogP contribution in [0, 0.1) is 0 Å². The van der Waals surface area contributed by atoms with Gasteiger partial charge in [-0.25, -0.2) is 0 Å². The summed E-state index contributed by atoms with van der Waals surface area (Å²) in [6.45, 7) is 0. The lowest BCUT2D eigenvalue weighted by molar-refractivity contribution is 0.104. The first kappa shape index (κ1) is 7.51. The average Bonchev–Trinajstić information content (AvgIpc) is 2.23. The van der Waals surface area contributed by atoms with E-state index in [1.165, 1.54) is 0 Å². The molecule has 0 N–H and O–H groups in total. The summed E-state index contributed by atoms with van der Waals surface area (Å²) in [5, 5.41) is 2.18. The van der Waals surface area contributed by atoms with Crippen LogP contribution in [-0.2, 0) is 0 Å². The lowest BCUT2D eigenvalue weighted by Crippen LogP contribution is -2.00. The molecule has 0 saturated carbocycles. The molecule has 0 atom stereocenters. The van der Waals surface area contributed by atoms with E-state index in [-0.39, 0.29) is 5.78 Å². The Bertz CT molecular complexity index is 564. The van der Waals surface area contributed by atoms with Gasteiger partial charge in [-0.1, -0.05) is 30.3 Å². The number of hydrogen-bond donors (Lipinski definition) is 0. The summed E-state index contributed by atoms with van der Waals surface area (Å²) in [6, 6.07) is 12.0. The maximum Gasteiger partial charge on any atom is 0.186 e. The summed E-state index contributed by atoms with van der Waals surface area (Å²) in [6.07, 6.45) is 3.50. The van der Waals surface area contributed by atoms with Crippen molar-refractivity contribution < 1.29 is 4.79 Å². The molecule has 2 bridgehead atoms. The first-order valence-electron chi connectivity index (χ1n) is 4.60. The molecule has 14 heavy (non-hydrogen) atoms. The maximum atomic E-state index is 11.6. The lowest BCUT2D eigenvalue weighted by atomic mass is 9.94. The first-order valence-corrected chi connectivity index (χ1v) is 4.60. The highest BCUT2D eigenvalue weighted by molar-refractivity contribution is 6.17. The topological polar surface area (TPSA) is 17.1 Å². The minimum absolute atomic E-state index is 0.106. The van der Waals surface area contributed by atoms with E-state index in [2.05, 4.69) is 6.07 Å². The molecular weight excluding hydrogens is 172 g/mol. The third-order valence-corrected chi connectivity index (χ3v) is 2.58. The largest absolute Gasteiger partial charge is 0.289 e. The Labute approximate surface area is 81.7 Å². The van der Waals surface area contributed by atoms with Gasteiger partial charge in [-0.3, -0.25) is 4.79 Å². The van der Waals surface area contributed by atoms with Crippen molar-refractivity contribution in [2.45, 2.75) is 0 Å². The number of benzene rings is 2. The van der Waals surface area contributed by atoms with Crippen LogP contribution < -0.4 is 0 Å². The van der Waals surface area contributed by atoms with Crippen LogP contribution >= 0.6 is 0 Å². The Hall–Kier alpha value is -1.89. The molecular formula is C13H8O. The zero-order valence-electron chi connectivity index (χ0n) is 7.53. The number of hydrogen-bond acceptors (Lipinski definition) is 1. The van der Waals surface area contributed by atoms with E-state index in [4.69, 9.17) is 0 Å². The predicted octanol–water partition coefficient (Wildman–Crippen LogP) is 3.05. The number of fused-ring (bicyclic) bond motifs is 4. The van der Waals surface area contributed by atoms with Gasteiger partial charge in [0.15, 0.2) is 5.78 Å². The lowest BCUT2D eigenvalue weighted by Gasteiger charge is -2.09. The van der Waals surface area contributed by atoms with Gasteiger partial charge in [0.25, 0.3) is 0 Å². The molecule has 3 rings (SSSR count). The molecule has 0 unspecified atom stereocenters. The van der Waals surface area contributed by atoms with E-state index in [1.54, 1.807) is 6.08 Å². The number of rotatable bonds is 0. The average molecular weight is 180 g/mol. The summed E-state index contributed by atoms with van der Waals surface area (Å²) < 4.78 is 0. The van der Waals surface area contributed by atoms with Gasteiger partial charge in [-0.15, -0.1) is 0 Å². The van der Waals surface area contributed by atoms with Crippen LogP contribution in [0.2, 0.25) is 0 Å². The molecule has 0 saturated heterocycles. The summed E-state index contributed by atoms with van der Waals surface area (Å²) in [4.78, 5) is 11.6. The van der Waals surface area contributed by atoms with E-state index >= 15 is 0 Å². The van der Waals surface area contributed by atoms with Gasteiger partial charge in [-0.05, 0) is 34.5 Å². The molecule has 2 aromatic carbocycles. The van der Waals surface area contributed by atoms with Gasteiger partial charge in [0, 0.05) is 5.56 Å². The zero-order valence-corrected chi connectivity index (χ0v) is 7.53. The monoisotopic (exact) mass is 180 g/mol. The van der Waals surface area contributed by atoms with E-state index in [0.29, 0.717) is 0 Å². The standard InChI is InChI=1S/C13H8O/c14-13-6-5-9-7-10-3-1-2-4-11(10)12(13)8-9/h1-8H. The molecule has 0 radical (unpaired) electrons. The second kappa shape index (κ2) is 2.55. The smallest absolute Gasteiger partial charge is 0.186 e. The third kappa shape index (κ3) is 0.925. The summed E-state index contributed by atoms with van der Waals surface area (Å²) in [7, 11) is 0. The fraction of sp³-hybridized carbons (Fsp3) is 0. The van der Waals surface area contributed by atoms with E-state index in [0.717, 1.165) is 21.9 Å². The van der Waals surface area contributed by atoms with Crippen LogP contribution in [0.25, 0.3) is 16.8 Å². The van der Waals surface area contributed by atoms with Gasteiger partial charge in [0.1, 0.15) is 0 Å². The van der Waals surface area contributed by atoms with Crippen molar-refractivity contribution in [1.82, 2.24) is 0 Å². The third-order valence-electron chi connectivity index (χ3n) is 2.58. The quantitative estimate of drug-likeness (QED) is 0.609. The van der Waals surface area contributed by atoms with Crippen molar-refractivity contribution in [2.24, 2.45) is 0 Å². The fourth-order valence-corrected chi connectivity index (χ4v) is 1.90. The maximum absolute atomic E-state index is 11.6. The molecule has 0 fully saturated rings. The highest BCUT2D eigenvalue weighted by Gasteiger charge is 2.11. The van der Waals surface area contributed by atoms with E-state index in [1.807, 2.05) is 36.4 Å². The van der Waals surface area contributed by atoms with Crippen molar-refractivity contribution in [3.8, 4) is 0 Å². The van der Waals surface area contributed by atoms with Crippen molar-refractivity contribution >= 4 is 22.6 Å². The van der Waals surface area contributed by atoms with Crippen LogP contribution in [0.1, 0.15) is 15.9 Å². The molecule has 0 aromatic heterocycles. The fourth-order valence-electron chi connectivity index (χ4n) is 1.90. The Kier molecular flexibility index (Phi) is 1.37. The molecule has 0 aliphatic heterocycles. The predicted molar refractivity (Wildman–Crippen MR) is 57.3 cm³/mol. The zero-order chi connectivity index (χ0) is 9.54. The SMILES string of the molecule is O=C1C=Cc2cc1c1ccccc1c2. The molecule has 1 heteroatoms. The van der Waals surface area contributed by atoms with Crippen LogP contribution in [0.5, 0.6) is 0 Å². The Balaban J connectivity index is 2.51. The minimum Gasteiger partial charge on any atom is -0.289 e. The Morgan fingerprint density at radius 3 is 2.71 bits per heavy atom. The highest BCUT2D eigenvalue weighted by Crippen LogP contribution is 2.25. The molecule has 1 nitrogen and oxygen atoms in total. The van der Waals surface area contributed by atoms with E-state index < -0.39 is 0 Å². The van der Waals surface area contributed by atoms with Gasteiger partial charge in [0.2, 0.25) is 0 Å². The highest BCUT2D eigenvalue weighted by atomic mass is 16.1. The Morgan fingerprint density at radius 2 is 1.79 bits per heavy atom. The van der Waals surface area contributed by atoms with Crippen LogP contribution in [0.15, 0.2) is 42.5 Å². The molecule has 2 aromatic rings. The summed E-state index contributed by atoms with van der Waals surface area (Å²) in [5.41, 5.74) is 1.93. The van der Waals surface area contributed by atoms with Gasteiger partial charge < -0.3 is 0 Å². The molecule has 1 aliphatic rings. The van der Waals surface area contributed by atoms with Gasteiger partial charge in [0.05, 0.1) is 0 Å². The number of carbonyl (C=O) groups excluding carboxylic acids is 1. The summed E-state index contributed by atoms with van der Waals surface area (Å²) >= 11 is 0. The van der Waals surface area contributed by atoms with Crippen LogP contribution in [-0.4, -0.2) is 5.78 Å². The van der Waals surface area contributed by atoms with E-state index in [9.17, 15) is 4.79 Å². The normalized spacial score (nSPS) is 13.6. The van der Waals surface area contributed by atoms with Crippen molar-refractivity contribution in [2.75, 3.05) is 0 Å². The van der Waals surface area contributed by atoms with Crippen molar-refractivity contribution in [3.05, 3.63) is 53.6 Å². The molecule has 0 amide bonds. The Morgan fingerprint density at radius 1 is 0.929 bits per heavy atom. The van der Waals surface area contributed by atoms with Crippen LogP contribution in [0.3, 0.4) is 0 Å². The summed E-state index contributed by atoms with van der Waals surface area (Å²) in [5.74, 6) is 0.106. The number of allylic oxidation sites excluding steroid dienone is 1. The van der Waals surface area contributed by atoms with Crippen molar-refractivity contribution in [1.29, 1.82) is 0 Å². The second-order valence-corrected chi connectivity index (χ2v) is 3.49. The number of carbonyl (C=O) groups is 1.